The number of hydrazone groups is 1. The number of nitrogens with one attached hydrogen (secondary N) is 1. The molecule has 0 aliphatic rings. The van der Waals surface area contributed by atoms with Crippen LogP contribution in [0.5, 0.6) is 0 Å². The van der Waals surface area contributed by atoms with Crippen molar-refractivity contribution in [2.75, 3.05) is 0 Å². The van der Waals surface area contributed by atoms with E-state index in [-0.39, 0.29) is 5.91 Å². The van der Waals surface area contributed by atoms with E-state index < -0.39 is 0 Å². The van der Waals surface area contributed by atoms with Crippen molar-refractivity contribution in [1.29, 1.82) is 0 Å². The van der Waals surface area contributed by atoms with Crippen molar-refractivity contribution in [2.24, 2.45) is 5.10 Å². The normalized spacial score (nSPS) is 11.3. The van der Waals surface area contributed by atoms with Crippen LogP contribution in [0.4, 0.5) is 0 Å². The van der Waals surface area contributed by atoms with Crippen molar-refractivity contribution < 1.29 is 4.79 Å². The molecule has 0 unspecified atom stereocenters. The highest BCUT2D eigenvalue weighted by molar-refractivity contribution is 9.10. The van der Waals surface area contributed by atoms with E-state index in [0.717, 1.165) is 21.3 Å². The van der Waals surface area contributed by atoms with Crippen LogP contribution in [0.25, 0.3) is 0 Å². The first-order chi connectivity index (χ1) is 9.97. The average Bonchev–Trinajstić information content (AvgIpc) is 2.44. The third-order valence-corrected chi connectivity index (χ3v) is 3.68. The average molecular weight is 345 g/mol. The van der Waals surface area contributed by atoms with Gasteiger partial charge in [0.1, 0.15) is 0 Å². The summed E-state index contributed by atoms with van der Waals surface area (Å²) in [5.74, 6) is -0.222. The van der Waals surface area contributed by atoms with E-state index in [1.165, 1.54) is 5.56 Å². The number of carbonyl (C=O) groups is 1. The van der Waals surface area contributed by atoms with Gasteiger partial charge in [-0.2, -0.15) is 5.10 Å². The minimum atomic E-state index is -0.222. The summed E-state index contributed by atoms with van der Waals surface area (Å²) >= 11 is 3.35. The quantitative estimate of drug-likeness (QED) is 0.657. The fourth-order valence-corrected chi connectivity index (χ4v) is 2.51. The van der Waals surface area contributed by atoms with Gasteiger partial charge >= 0.3 is 0 Å². The Balaban J connectivity index is 2.15. The van der Waals surface area contributed by atoms with Crippen molar-refractivity contribution in [3.8, 4) is 0 Å². The number of amides is 1. The molecular formula is C17H17BrN2O. The lowest BCUT2D eigenvalue weighted by Crippen LogP contribution is -2.19. The number of benzene rings is 2. The second-order valence-electron chi connectivity index (χ2n) is 4.97. The Hall–Kier alpha value is -1.94. The molecule has 0 aliphatic heterocycles. The molecule has 4 heteroatoms. The second-order valence-corrected chi connectivity index (χ2v) is 5.88. The van der Waals surface area contributed by atoms with E-state index in [0.29, 0.717) is 5.56 Å². The van der Waals surface area contributed by atoms with Crippen LogP contribution in [-0.4, -0.2) is 11.6 Å². The molecule has 0 aromatic heterocycles. The standard InChI is InChI=1S/C17H17BrN2O/c1-11-7-8-16(12(2)9-11)13(3)19-20-17(21)14-5-4-6-15(18)10-14/h4-10H,1-3H3,(H,20,21)/b19-13+. The summed E-state index contributed by atoms with van der Waals surface area (Å²) < 4.78 is 0.866. The van der Waals surface area contributed by atoms with Gasteiger partial charge in [-0.3, -0.25) is 4.79 Å². The Morgan fingerprint density at radius 3 is 2.57 bits per heavy atom. The lowest BCUT2D eigenvalue weighted by atomic mass is 10.0. The van der Waals surface area contributed by atoms with E-state index in [2.05, 4.69) is 39.4 Å². The number of hydrogen-bond acceptors (Lipinski definition) is 2. The molecule has 2 aromatic carbocycles. The van der Waals surface area contributed by atoms with Gasteiger partial charge in [-0.05, 0) is 44.5 Å². The lowest BCUT2D eigenvalue weighted by molar-refractivity contribution is 0.0955. The van der Waals surface area contributed by atoms with Crippen LogP contribution in [0, 0.1) is 13.8 Å². The molecule has 0 atom stereocenters. The molecule has 2 aromatic rings. The summed E-state index contributed by atoms with van der Waals surface area (Å²) in [6.45, 7) is 5.98. The van der Waals surface area contributed by atoms with E-state index >= 15 is 0 Å². The van der Waals surface area contributed by atoms with Gasteiger partial charge in [0.05, 0.1) is 5.71 Å². The lowest BCUT2D eigenvalue weighted by Gasteiger charge is -2.07. The minimum Gasteiger partial charge on any atom is -0.267 e. The largest absolute Gasteiger partial charge is 0.271 e. The summed E-state index contributed by atoms with van der Waals surface area (Å²) in [7, 11) is 0. The molecule has 0 saturated heterocycles. The number of rotatable bonds is 3. The molecule has 21 heavy (non-hydrogen) atoms. The number of nitrogens with zero attached hydrogens (tertiary/aromatic N) is 1. The highest BCUT2D eigenvalue weighted by atomic mass is 79.9. The van der Waals surface area contributed by atoms with Crippen molar-refractivity contribution in [1.82, 2.24) is 5.43 Å². The third kappa shape index (κ3) is 4.02. The molecule has 0 saturated carbocycles. The Bertz CT molecular complexity index is 708. The molecule has 108 valence electrons. The predicted molar refractivity (Wildman–Crippen MR) is 89.7 cm³/mol. The smallest absolute Gasteiger partial charge is 0.267 e. The van der Waals surface area contributed by atoms with Crippen molar-refractivity contribution in [3.05, 3.63) is 69.2 Å². The highest BCUT2D eigenvalue weighted by Gasteiger charge is 2.06. The van der Waals surface area contributed by atoms with E-state index in [1.807, 2.05) is 38.1 Å². The maximum absolute atomic E-state index is 12.0. The van der Waals surface area contributed by atoms with Crippen molar-refractivity contribution >= 4 is 27.5 Å². The van der Waals surface area contributed by atoms with Gasteiger partial charge in [0.2, 0.25) is 0 Å². The molecule has 2 rings (SSSR count). The first-order valence-electron chi connectivity index (χ1n) is 6.65. The SMILES string of the molecule is C/C(=N\NC(=O)c1cccc(Br)c1)c1ccc(C)cc1C. The first-order valence-corrected chi connectivity index (χ1v) is 7.44. The molecule has 3 nitrogen and oxygen atoms in total. The van der Waals surface area contributed by atoms with Gasteiger partial charge in [0, 0.05) is 15.6 Å². The van der Waals surface area contributed by atoms with Crippen LogP contribution in [0.2, 0.25) is 0 Å². The molecule has 0 spiro atoms. The maximum atomic E-state index is 12.0. The fraction of sp³-hybridized carbons (Fsp3) is 0.176. The highest BCUT2D eigenvalue weighted by Crippen LogP contribution is 2.13. The Labute approximate surface area is 133 Å². The van der Waals surface area contributed by atoms with Crippen LogP contribution < -0.4 is 5.43 Å². The molecule has 0 fully saturated rings. The van der Waals surface area contributed by atoms with Gasteiger partial charge in [0.15, 0.2) is 0 Å². The van der Waals surface area contributed by atoms with Crippen molar-refractivity contribution in [2.45, 2.75) is 20.8 Å². The van der Waals surface area contributed by atoms with Gasteiger partial charge in [-0.25, -0.2) is 5.43 Å². The Morgan fingerprint density at radius 2 is 1.90 bits per heavy atom. The summed E-state index contributed by atoms with van der Waals surface area (Å²) in [5, 5.41) is 4.19. The third-order valence-electron chi connectivity index (χ3n) is 3.18. The summed E-state index contributed by atoms with van der Waals surface area (Å²) in [4.78, 5) is 12.0. The van der Waals surface area contributed by atoms with Crippen LogP contribution in [0.3, 0.4) is 0 Å². The number of hydrogen-bond donors (Lipinski definition) is 1. The summed E-state index contributed by atoms with van der Waals surface area (Å²) in [5.41, 5.74) is 7.35. The summed E-state index contributed by atoms with van der Waals surface area (Å²) in [6, 6.07) is 13.4. The summed E-state index contributed by atoms with van der Waals surface area (Å²) in [6.07, 6.45) is 0. The van der Waals surface area contributed by atoms with Crippen LogP contribution in [-0.2, 0) is 0 Å². The molecular weight excluding hydrogens is 328 g/mol. The number of aryl methyl sites for hydroxylation is 2. The predicted octanol–water partition coefficient (Wildman–Crippen LogP) is 4.22. The zero-order valence-corrected chi connectivity index (χ0v) is 13.9. The Morgan fingerprint density at radius 1 is 1.14 bits per heavy atom. The zero-order chi connectivity index (χ0) is 15.4. The molecule has 1 amide bonds. The maximum Gasteiger partial charge on any atom is 0.271 e. The van der Waals surface area contributed by atoms with Crippen LogP contribution in [0.15, 0.2) is 52.0 Å². The van der Waals surface area contributed by atoms with E-state index in [4.69, 9.17) is 0 Å². The van der Waals surface area contributed by atoms with Gasteiger partial charge < -0.3 is 0 Å². The number of carbonyl (C=O) groups excluding carboxylic acids is 1. The molecule has 0 heterocycles. The van der Waals surface area contributed by atoms with Gasteiger partial charge in [-0.1, -0.05) is 45.8 Å². The van der Waals surface area contributed by atoms with Crippen molar-refractivity contribution in [3.63, 3.8) is 0 Å². The van der Waals surface area contributed by atoms with E-state index in [1.54, 1.807) is 12.1 Å². The zero-order valence-electron chi connectivity index (χ0n) is 12.3. The monoisotopic (exact) mass is 344 g/mol. The van der Waals surface area contributed by atoms with E-state index in [9.17, 15) is 4.79 Å². The van der Waals surface area contributed by atoms with Crippen LogP contribution >= 0.6 is 15.9 Å². The molecule has 1 N–H and O–H groups in total. The molecule has 0 radical (unpaired) electrons. The molecule has 0 aliphatic carbocycles. The second kappa shape index (κ2) is 6.68. The van der Waals surface area contributed by atoms with Crippen LogP contribution in [0.1, 0.15) is 34.0 Å². The first kappa shape index (κ1) is 15.4. The minimum absolute atomic E-state index is 0.222. The fourth-order valence-electron chi connectivity index (χ4n) is 2.11. The topological polar surface area (TPSA) is 41.5 Å². The number of halogens is 1. The van der Waals surface area contributed by atoms with Gasteiger partial charge in [-0.15, -0.1) is 0 Å². The molecule has 0 bridgehead atoms. The van der Waals surface area contributed by atoms with Gasteiger partial charge in [0.25, 0.3) is 5.91 Å². The Kier molecular flexibility index (Phi) is 4.91.